The van der Waals surface area contributed by atoms with E-state index in [1.165, 1.54) is 30.3 Å². The van der Waals surface area contributed by atoms with Gasteiger partial charge in [-0.15, -0.1) is 0 Å². The van der Waals surface area contributed by atoms with Crippen LogP contribution in [0, 0.1) is 15.9 Å². The molecule has 0 unspecified atom stereocenters. The number of hydrazine groups is 1. The maximum atomic E-state index is 13.2. The summed E-state index contributed by atoms with van der Waals surface area (Å²) in [6, 6.07) is 11.0. The van der Waals surface area contributed by atoms with Crippen LogP contribution in [0.5, 0.6) is 0 Å². The summed E-state index contributed by atoms with van der Waals surface area (Å²) in [5, 5.41) is 10.8. The van der Waals surface area contributed by atoms with Gasteiger partial charge in [-0.1, -0.05) is 31.0 Å². The first kappa shape index (κ1) is 18.5. The van der Waals surface area contributed by atoms with Crippen LogP contribution in [0.25, 0.3) is 0 Å². The van der Waals surface area contributed by atoms with Gasteiger partial charge in [0, 0.05) is 17.7 Å². The van der Waals surface area contributed by atoms with Crippen LogP contribution < -0.4 is 10.9 Å². The molecule has 27 heavy (non-hydrogen) atoms. The van der Waals surface area contributed by atoms with Gasteiger partial charge >= 0.3 is 0 Å². The van der Waals surface area contributed by atoms with E-state index in [0.29, 0.717) is 18.4 Å². The molecule has 1 saturated carbocycles. The molecule has 0 atom stereocenters. The lowest BCUT2D eigenvalue weighted by Gasteiger charge is -2.28. The largest absolute Gasteiger partial charge is 0.272 e. The standard InChI is InChI=1S/C19H18FN3O4/c20-15-8-6-14(7-9-15)19(10-1-2-11-19)18(25)22-21-17(24)13-4-3-5-16(12-13)23(26)27/h3-9,12H,1-2,10-11H2,(H,21,24)(H,22,25). The van der Waals surface area contributed by atoms with E-state index in [1.807, 2.05) is 0 Å². The number of hydrogen-bond acceptors (Lipinski definition) is 4. The van der Waals surface area contributed by atoms with Crippen molar-refractivity contribution in [3.05, 3.63) is 75.6 Å². The zero-order valence-electron chi connectivity index (χ0n) is 14.4. The second kappa shape index (κ2) is 7.53. The van der Waals surface area contributed by atoms with E-state index in [1.54, 1.807) is 12.1 Å². The van der Waals surface area contributed by atoms with Gasteiger partial charge in [0.2, 0.25) is 5.91 Å². The zero-order valence-corrected chi connectivity index (χ0v) is 14.4. The lowest BCUT2D eigenvalue weighted by atomic mass is 9.78. The summed E-state index contributed by atoms with van der Waals surface area (Å²) in [6.07, 6.45) is 2.89. The van der Waals surface area contributed by atoms with Crippen LogP contribution in [-0.2, 0) is 10.2 Å². The second-order valence-corrected chi connectivity index (χ2v) is 6.51. The summed E-state index contributed by atoms with van der Waals surface area (Å²) in [7, 11) is 0. The first-order chi connectivity index (χ1) is 12.9. The molecular formula is C19H18FN3O4. The summed E-state index contributed by atoms with van der Waals surface area (Å²) in [6.45, 7) is 0. The number of carbonyl (C=O) groups excluding carboxylic acids is 2. The van der Waals surface area contributed by atoms with Crippen molar-refractivity contribution in [1.29, 1.82) is 0 Å². The Labute approximate surface area is 154 Å². The number of nitro benzene ring substituents is 1. The molecule has 7 nitrogen and oxygen atoms in total. The van der Waals surface area contributed by atoms with Crippen LogP contribution in [-0.4, -0.2) is 16.7 Å². The molecule has 0 aromatic heterocycles. The molecular weight excluding hydrogens is 353 g/mol. The van der Waals surface area contributed by atoms with Crippen molar-refractivity contribution in [1.82, 2.24) is 10.9 Å². The maximum Gasteiger partial charge on any atom is 0.270 e. The van der Waals surface area contributed by atoms with Crippen LogP contribution in [0.1, 0.15) is 41.6 Å². The number of benzene rings is 2. The number of nitro groups is 1. The molecule has 0 saturated heterocycles. The highest BCUT2D eigenvalue weighted by Crippen LogP contribution is 2.41. The molecule has 0 spiro atoms. The Kier molecular flexibility index (Phi) is 5.16. The average Bonchev–Trinajstić information content (AvgIpc) is 3.17. The van der Waals surface area contributed by atoms with E-state index in [9.17, 15) is 24.1 Å². The Morgan fingerprint density at radius 1 is 1.04 bits per heavy atom. The molecule has 0 heterocycles. The van der Waals surface area contributed by atoms with Gasteiger partial charge in [-0.05, 0) is 36.6 Å². The molecule has 8 heteroatoms. The molecule has 2 amide bonds. The van der Waals surface area contributed by atoms with Crippen molar-refractivity contribution < 1.29 is 18.9 Å². The fourth-order valence-electron chi connectivity index (χ4n) is 3.46. The SMILES string of the molecule is O=C(NNC(=O)C1(c2ccc(F)cc2)CCCC1)c1cccc([N+](=O)[O-])c1. The minimum absolute atomic E-state index is 0.0618. The van der Waals surface area contributed by atoms with E-state index in [2.05, 4.69) is 10.9 Å². The van der Waals surface area contributed by atoms with Gasteiger partial charge in [-0.2, -0.15) is 0 Å². The summed E-state index contributed by atoms with van der Waals surface area (Å²) in [4.78, 5) is 35.3. The fraction of sp³-hybridized carbons (Fsp3) is 0.263. The Bertz CT molecular complexity index is 877. The summed E-state index contributed by atoms with van der Waals surface area (Å²) < 4.78 is 13.2. The van der Waals surface area contributed by atoms with Crippen LogP contribution in [0.4, 0.5) is 10.1 Å². The predicted octanol–water partition coefficient (Wildman–Crippen LogP) is 3.01. The quantitative estimate of drug-likeness (QED) is 0.637. The lowest BCUT2D eigenvalue weighted by molar-refractivity contribution is -0.384. The average molecular weight is 371 g/mol. The van der Waals surface area contributed by atoms with E-state index in [4.69, 9.17) is 0 Å². The van der Waals surface area contributed by atoms with Crippen molar-refractivity contribution in [3.63, 3.8) is 0 Å². The Morgan fingerprint density at radius 2 is 1.70 bits per heavy atom. The number of halogens is 1. The Hall–Kier alpha value is -3.29. The first-order valence-corrected chi connectivity index (χ1v) is 8.54. The van der Waals surface area contributed by atoms with Crippen molar-refractivity contribution in [2.45, 2.75) is 31.1 Å². The van der Waals surface area contributed by atoms with Crippen LogP contribution in [0.3, 0.4) is 0 Å². The van der Waals surface area contributed by atoms with Crippen LogP contribution in [0.15, 0.2) is 48.5 Å². The van der Waals surface area contributed by atoms with E-state index in [-0.39, 0.29) is 23.0 Å². The molecule has 1 aliphatic rings. The summed E-state index contributed by atoms with van der Waals surface area (Å²) >= 11 is 0. The monoisotopic (exact) mass is 371 g/mol. The lowest BCUT2D eigenvalue weighted by Crippen LogP contribution is -2.50. The molecule has 0 radical (unpaired) electrons. The number of non-ortho nitro benzene ring substituents is 1. The third-order valence-electron chi connectivity index (χ3n) is 4.90. The Morgan fingerprint density at radius 3 is 2.33 bits per heavy atom. The molecule has 0 aliphatic heterocycles. The number of rotatable bonds is 4. The summed E-state index contributed by atoms with van der Waals surface area (Å²) in [5.41, 5.74) is 4.45. The van der Waals surface area contributed by atoms with Crippen molar-refractivity contribution in [2.24, 2.45) is 0 Å². The van der Waals surface area contributed by atoms with Gasteiger partial charge in [0.15, 0.2) is 0 Å². The minimum Gasteiger partial charge on any atom is -0.272 e. The van der Waals surface area contributed by atoms with Gasteiger partial charge in [-0.25, -0.2) is 4.39 Å². The molecule has 140 valence electrons. The fourth-order valence-corrected chi connectivity index (χ4v) is 3.46. The molecule has 1 fully saturated rings. The molecule has 1 aliphatic carbocycles. The Balaban J connectivity index is 1.73. The number of nitrogens with one attached hydrogen (secondary N) is 2. The molecule has 2 aromatic carbocycles. The second-order valence-electron chi connectivity index (χ2n) is 6.51. The van der Waals surface area contributed by atoms with Gasteiger partial charge in [-0.3, -0.25) is 30.6 Å². The van der Waals surface area contributed by atoms with E-state index >= 15 is 0 Å². The normalized spacial score (nSPS) is 15.1. The van der Waals surface area contributed by atoms with Crippen molar-refractivity contribution in [3.8, 4) is 0 Å². The topological polar surface area (TPSA) is 101 Å². The highest BCUT2D eigenvalue weighted by molar-refractivity contribution is 5.97. The smallest absolute Gasteiger partial charge is 0.270 e. The van der Waals surface area contributed by atoms with E-state index < -0.39 is 16.2 Å². The molecule has 0 bridgehead atoms. The highest BCUT2D eigenvalue weighted by Gasteiger charge is 2.42. The first-order valence-electron chi connectivity index (χ1n) is 8.54. The van der Waals surface area contributed by atoms with Gasteiger partial charge < -0.3 is 0 Å². The summed E-state index contributed by atoms with van der Waals surface area (Å²) in [5.74, 6) is -1.42. The zero-order chi connectivity index (χ0) is 19.4. The van der Waals surface area contributed by atoms with Crippen LogP contribution >= 0.6 is 0 Å². The third-order valence-corrected chi connectivity index (χ3v) is 4.90. The van der Waals surface area contributed by atoms with E-state index in [0.717, 1.165) is 18.9 Å². The van der Waals surface area contributed by atoms with Crippen molar-refractivity contribution in [2.75, 3.05) is 0 Å². The minimum atomic E-state index is -0.830. The van der Waals surface area contributed by atoms with Gasteiger partial charge in [0.25, 0.3) is 11.6 Å². The molecule has 3 rings (SSSR count). The van der Waals surface area contributed by atoms with Crippen LogP contribution in [0.2, 0.25) is 0 Å². The number of amides is 2. The predicted molar refractivity (Wildman–Crippen MR) is 95.3 cm³/mol. The van der Waals surface area contributed by atoms with Gasteiger partial charge in [0.05, 0.1) is 10.3 Å². The third kappa shape index (κ3) is 3.79. The number of carbonyl (C=O) groups is 2. The van der Waals surface area contributed by atoms with Gasteiger partial charge in [0.1, 0.15) is 5.82 Å². The maximum absolute atomic E-state index is 13.2. The molecule has 2 aromatic rings. The number of hydrogen-bond donors (Lipinski definition) is 2. The van der Waals surface area contributed by atoms with Crippen molar-refractivity contribution >= 4 is 17.5 Å². The highest BCUT2D eigenvalue weighted by atomic mass is 19.1. The number of nitrogens with zero attached hydrogens (tertiary/aromatic N) is 1. The molecule has 2 N–H and O–H groups in total.